The van der Waals surface area contributed by atoms with Crippen molar-refractivity contribution in [3.8, 4) is 11.5 Å². The lowest BCUT2D eigenvalue weighted by molar-refractivity contribution is -0.132. The SMILES string of the molecule is CCOc1cccc(/C(O)=C2/C(=O)C(=O)N(c3ccc(CC)cc3)C2c2cccc(OC)c2)c1. The van der Waals surface area contributed by atoms with Crippen LogP contribution in [0, 0.1) is 0 Å². The van der Waals surface area contributed by atoms with E-state index in [0.717, 1.165) is 12.0 Å². The summed E-state index contributed by atoms with van der Waals surface area (Å²) >= 11 is 0. The number of Topliss-reactive ketones (excluding diaryl/α,β-unsaturated/α-hetero) is 1. The van der Waals surface area contributed by atoms with Gasteiger partial charge >= 0.3 is 0 Å². The fourth-order valence-electron chi connectivity index (χ4n) is 4.17. The van der Waals surface area contributed by atoms with Crippen LogP contribution in [0.3, 0.4) is 0 Å². The quantitative estimate of drug-likeness (QED) is 0.297. The number of nitrogens with zero attached hydrogens (tertiary/aromatic N) is 1. The van der Waals surface area contributed by atoms with Gasteiger partial charge in [0.2, 0.25) is 0 Å². The zero-order chi connectivity index (χ0) is 24.2. The lowest BCUT2D eigenvalue weighted by Gasteiger charge is -2.26. The van der Waals surface area contributed by atoms with Crippen molar-refractivity contribution in [3.05, 3.63) is 95.1 Å². The topological polar surface area (TPSA) is 76.1 Å². The number of benzene rings is 3. The van der Waals surface area contributed by atoms with E-state index in [1.54, 1.807) is 49.6 Å². The third-order valence-electron chi connectivity index (χ3n) is 5.90. The third-order valence-corrected chi connectivity index (χ3v) is 5.90. The average molecular weight is 458 g/mol. The molecule has 1 atom stereocenters. The van der Waals surface area contributed by atoms with Crippen molar-refractivity contribution in [2.45, 2.75) is 26.3 Å². The van der Waals surface area contributed by atoms with E-state index in [1.165, 1.54) is 4.90 Å². The fourth-order valence-corrected chi connectivity index (χ4v) is 4.17. The van der Waals surface area contributed by atoms with Crippen molar-refractivity contribution < 1.29 is 24.2 Å². The van der Waals surface area contributed by atoms with Gasteiger partial charge in [0.15, 0.2) is 0 Å². The van der Waals surface area contributed by atoms with Crippen LogP contribution >= 0.6 is 0 Å². The molecule has 6 heteroatoms. The van der Waals surface area contributed by atoms with E-state index in [0.29, 0.717) is 34.9 Å². The normalized spacial score (nSPS) is 17.1. The minimum Gasteiger partial charge on any atom is -0.507 e. The number of ether oxygens (including phenoxy) is 2. The first kappa shape index (κ1) is 23.1. The number of hydrogen-bond acceptors (Lipinski definition) is 5. The molecule has 1 unspecified atom stereocenters. The van der Waals surface area contributed by atoms with Crippen molar-refractivity contribution in [2.24, 2.45) is 0 Å². The van der Waals surface area contributed by atoms with Gasteiger partial charge in [-0.05, 0) is 60.9 Å². The summed E-state index contributed by atoms with van der Waals surface area (Å²) in [6.45, 7) is 4.38. The molecule has 0 saturated carbocycles. The first-order chi connectivity index (χ1) is 16.5. The second-order valence-electron chi connectivity index (χ2n) is 7.93. The molecule has 1 amide bonds. The van der Waals surface area contributed by atoms with Crippen LogP contribution in [-0.4, -0.2) is 30.5 Å². The highest BCUT2D eigenvalue weighted by molar-refractivity contribution is 6.51. The summed E-state index contributed by atoms with van der Waals surface area (Å²) in [6, 6.07) is 20.7. The molecular weight excluding hydrogens is 430 g/mol. The predicted octanol–water partition coefficient (Wildman–Crippen LogP) is 5.28. The number of carbonyl (C=O) groups excluding carboxylic acids is 2. The summed E-state index contributed by atoms with van der Waals surface area (Å²) < 4.78 is 10.9. The summed E-state index contributed by atoms with van der Waals surface area (Å²) in [5.74, 6) is -0.539. The summed E-state index contributed by atoms with van der Waals surface area (Å²) in [5, 5.41) is 11.3. The number of carbonyl (C=O) groups is 2. The Morgan fingerprint density at radius 1 is 0.941 bits per heavy atom. The monoisotopic (exact) mass is 457 g/mol. The second kappa shape index (κ2) is 9.83. The Morgan fingerprint density at radius 2 is 1.65 bits per heavy atom. The molecule has 0 aromatic heterocycles. The van der Waals surface area contributed by atoms with Crippen LogP contribution in [0.2, 0.25) is 0 Å². The number of methoxy groups -OCH3 is 1. The molecule has 0 spiro atoms. The molecule has 1 aliphatic heterocycles. The van der Waals surface area contributed by atoms with Crippen LogP contribution in [0.5, 0.6) is 11.5 Å². The highest BCUT2D eigenvalue weighted by atomic mass is 16.5. The molecule has 0 radical (unpaired) electrons. The number of anilines is 1. The largest absolute Gasteiger partial charge is 0.507 e. The molecule has 0 aliphatic carbocycles. The summed E-state index contributed by atoms with van der Waals surface area (Å²) in [6.07, 6.45) is 0.856. The van der Waals surface area contributed by atoms with E-state index in [9.17, 15) is 14.7 Å². The Bertz CT molecular complexity index is 1250. The van der Waals surface area contributed by atoms with Crippen molar-refractivity contribution in [3.63, 3.8) is 0 Å². The first-order valence-corrected chi connectivity index (χ1v) is 11.3. The first-order valence-electron chi connectivity index (χ1n) is 11.3. The van der Waals surface area contributed by atoms with Crippen LogP contribution in [0.1, 0.15) is 36.6 Å². The number of aliphatic hydroxyl groups excluding tert-OH is 1. The average Bonchev–Trinajstić information content (AvgIpc) is 3.14. The molecule has 1 heterocycles. The second-order valence-corrected chi connectivity index (χ2v) is 7.93. The predicted molar refractivity (Wildman–Crippen MR) is 131 cm³/mol. The van der Waals surface area contributed by atoms with Gasteiger partial charge in [-0.1, -0.05) is 43.3 Å². The van der Waals surface area contributed by atoms with Crippen LogP contribution in [0.15, 0.2) is 78.4 Å². The molecule has 4 rings (SSSR count). The molecule has 174 valence electrons. The van der Waals surface area contributed by atoms with Gasteiger partial charge in [0, 0.05) is 11.3 Å². The number of aliphatic hydroxyl groups is 1. The Balaban J connectivity index is 1.91. The van der Waals surface area contributed by atoms with Crippen LogP contribution < -0.4 is 14.4 Å². The molecule has 1 aliphatic rings. The van der Waals surface area contributed by atoms with Gasteiger partial charge in [-0.25, -0.2) is 0 Å². The molecule has 0 bridgehead atoms. The standard InChI is InChI=1S/C28H27NO5/c1-4-18-12-14-21(15-13-18)29-25(19-8-6-10-22(16-19)33-3)24(27(31)28(29)32)26(30)20-9-7-11-23(17-20)34-5-2/h6-17,25,30H,4-5H2,1-3H3/b26-24-. The van der Waals surface area contributed by atoms with E-state index in [4.69, 9.17) is 9.47 Å². The smallest absolute Gasteiger partial charge is 0.300 e. The lowest BCUT2D eigenvalue weighted by atomic mass is 9.95. The van der Waals surface area contributed by atoms with E-state index in [2.05, 4.69) is 0 Å². The molecule has 1 fully saturated rings. The maximum Gasteiger partial charge on any atom is 0.300 e. The number of amides is 1. The fraction of sp³-hybridized carbons (Fsp3) is 0.214. The van der Waals surface area contributed by atoms with Crippen LogP contribution in [0.4, 0.5) is 5.69 Å². The zero-order valence-electron chi connectivity index (χ0n) is 19.4. The maximum atomic E-state index is 13.3. The molecule has 1 N–H and O–H groups in total. The van der Waals surface area contributed by atoms with Crippen molar-refractivity contribution in [1.82, 2.24) is 0 Å². The highest BCUT2D eigenvalue weighted by Crippen LogP contribution is 2.43. The van der Waals surface area contributed by atoms with Gasteiger partial charge in [0.05, 0.1) is 25.3 Å². The molecule has 3 aromatic carbocycles. The summed E-state index contributed by atoms with van der Waals surface area (Å²) in [4.78, 5) is 28.0. The Morgan fingerprint density at radius 3 is 2.32 bits per heavy atom. The number of hydrogen-bond donors (Lipinski definition) is 1. The van der Waals surface area contributed by atoms with Gasteiger partial charge in [-0.2, -0.15) is 0 Å². The van der Waals surface area contributed by atoms with Crippen LogP contribution in [0.25, 0.3) is 5.76 Å². The van der Waals surface area contributed by atoms with Crippen LogP contribution in [-0.2, 0) is 16.0 Å². The van der Waals surface area contributed by atoms with Gasteiger partial charge in [-0.15, -0.1) is 0 Å². The minimum atomic E-state index is -0.821. The van der Waals surface area contributed by atoms with E-state index < -0.39 is 17.7 Å². The summed E-state index contributed by atoms with van der Waals surface area (Å²) in [5.41, 5.74) is 2.77. The molecule has 1 saturated heterocycles. The molecule has 34 heavy (non-hydrogen) atoms. The van der Waals surface area contributed by atoms with Crippen molar-refractivity contribution in [1.29, 1.82) is 0 Å². The van der Waals surface area contributed by atoms with E-state index in [1.807, 2.05) is 44.2 Å². The van der Waals surface area contributed by atoms with Gasteiger partial charge in [0.25, 0.3) is 11.7 Å². The van der Waals surface area contributed by atoms with Gasteiger partial charge in [0.1, 0.15) is 17.3 Å². The lowest BCUT2D eigenvalue weighted by Crippen LogP contribution is -2.29. The third kappa shape index (κ3) is 4.27. The number of aryl methyl sites for hydroxylation is 1. The Labute approximate surface area is 199 Å². The Hall–Kier alpha value is -4.06. The summed E-state index contributed by atoms with van der Waals surface area (Å²) in [7, 11) is 1.55. The van der Waals surface area contributed by atoms with Gasteiger partial charge < -0.3 is 14.6 Å². The molecule has 6 nitrogen and oxygen atoms in total. The Kier molecular flexibility index (Phi) is 6.68. The number of rotatable bonds is 7. The molecule has 3 aromatic rings. The van der Waals surface area contributed by atoms with Crippen molar-refractivity contribution in [2.75, 3.05) is 18.6 Å². The number of ketones is 1. The minimum absolute atomic E-state index is 0.0199. The van der Waals surface area contributed by atoms with Gasteiger partial charge in [-0.3, -0.25) is 14.5 Å². The van der Waals surface area contributed by atoms with E-state index >= 15 is 0 Å². The van der Waals surface area contributed by atoms with E-state index in [-0.39, 0.29) is 11.3 Å². The zero-order valence-corrected chi connectivity index (χ0v) is 19.4. The van der Waals surface area contributed by atoms with Crippen molar-refractivity contribution >= 4 is 23.1 Å². The maximum absolute atomic E-state index is 13.3. The molecular formula is C28H27NO5. The highest BCUT2D eigenvalue weighted by Gasteiger charge is 2.47.